The quantitative estimate of drug-likeness (QED) is 0.138. The number of H-pyrrole nitrogens is 1. The number of carboxylic acids is 1. The van der Waals surface area contributed by atoms with E-state index in [0.717, 1.165) is 22.0 Å². The van der Waals surface area contributed by atoms with Crippen molar-refractivity contribution in [2.45, 2.75) is 43.4 Å². The number of fused-ring (bicyclic) bond motifs is 1. The molecule has 0 aliphatic carbocycles. The van der Waals surface area contributed by atoms with E-state index in [2.05, 4.69) is 20.9 Å². The fourth-order valence-electron chi connectivity index (χ4n) is 4.20. The van der Waals surface area contributed by atoms with Crippen molar-refractivity contribution in [3.63, 3.8) is 0 Å². The van der Waals surface area contributed by atoms with Crippen molar-refractivity contribution in [2.24, 2.45) is 5.73 Å². The minimum atomic E-state index is -1.54. The van der Waals surface area contributed by atoms with Gasteiger partial charge in [-0.2, -0.15) is 11.8 Å². The number of hydrogen-bond acceptors (Lipinski definition) is 7. The molecule has 11 nitrogen and oxygen atoms in total. The van der Waals surface area contributed by atoms with Crippen molar-refractivity contribution >= 4 is 46.4 Å². The van der Waals surface area contributed by atoms with E-state index in [4.69, 9.17) is 5.73 Å². The van der Waals surface area contributed by atoms with Crippen LogP contribution in [0.4, 0.5) is 0 Å². The van der Waals surface area contributed by atoms with Gasteiger partial charge >= 0.3 is 5.97 Å². The first-order valence-electron chi connectivity index (χ1n) is 12.8. The van der Waals surface area contributed by atoms with Gasteiger partial charge in [0.15, 0.2) is 0 Å². The maximum absolute atomic E-state index is 13.4. The van der Waals surface area contributed by atoms with Crippen molar-refractivity contribution < 1.29 is 29.4 Å². The van der Waals surface area contributed by atoms with E-state index in [-0.39, 0.29) is 19.3 Å². The highest BCUT2D eigenvalue weighted by molar-refractivity contribution is 7.98. The van der Waals surface area contributed by atoms with Gasteiger partial charge in [0.2, 0.25) is 17.7 Å². The molecule has 2 aromatic carbocycles. The van der Waals surface area contributed by atoms with Gasteiger partial charge in [-0.1, -0.05) is 48.5 Å². The lowest BCUT2D eigenvalue weighted by Crippen LogP contribution is -2.58. The van der Waals surface area contributed by atoms with E-state index in [0.29, 0.717) is 5.75 Å². The summed E-state index contributed by atoms with van der Waals surface area (Å²) in [6, 6.07) is 12.1. The normalized spacial score (nSPS) is 14.1. The van der Waals surface area contributed by atoms with Gasteiger partial charge in [-0.3, -0.25) is 14.4 Å². The molecule has 1 aromatic heterocycles. The molecule has 3 rings (SSSR count). The van der Waals surface area contributed by atoms with Crippen LogP contribution in [-0.4, -0.2) is 81.7 Å². The lowest BCUT2D eigenvalue weighted by molar-refractivity contribution is -0.143. The van der Waals surface area contributed by atoms with Crippen molar-refractivity contribution in [3.8, 4) is 0 Å². The summed E-state index contributed by atoms with van der Waals surface area (Å²) in [7, 11) is 0. The number of para-hydroxylation sites is 1. The molecule has 12 heteroatoms. The highest BCUT2D eigenvalue weighted by Gasteiger charge is 2.30. The molecule has 0 fully saturated rings. The molecular weight excluding hydrogens is 534 g/mol. The van der Waals surface area contributed by atoms with Crippen molar-refractivity contribution in [1.82, 2.24) is 20.9 Å². The predicted molar refractivity (Wildman–Crippen MR) is 154 cm³/mol. The number of carbonyl (C=O) groups is 4. The number of aliphatic carboxylic acids is 1. The maximum atomic E-state index is 13.4. The first-order valence-corrected chi connectivity index (χ1v) is 14.2. The monoisotopic (exact) mass is 569 g/mol. The number of carboxylic acid groups (broad SMARTS) is 1. The van der Waals surface area contributed by atoms with E-state index < -0.39 is 54.5 Å². The summed E-state index contributed by atoms with van der Waals surface area (Å²) in [6.07, 6.45) is 4.19. The zero-order valence-corrected chi connectivity index (χ0v) is 22.9. The Kier molecular flexibility index (Phi) is 11.5. The highest BCUT2D eigenvalue weighted by Crippen LogP contribution is 2.19. The third-order valence-electron chi connectivity index (χ3n) is 6.41. The average Bonchev–Trinajstić information content (AvgIpc) is 3.36. The second-order valence-electron chi connectivity index (χ2n) is 9.35. The summed E-state index contributed by atoms with van der Waals surface area (Å²) < 4.78 is 0. The number of carbonyl (C=O) groups excluding carboxylic acids is 3. The van der Waals surface area contributed by atoms with Crippen LogP contribution >= 0.6 is 11.8 Å². The van der Waals surface area contributed by atoms with E-state index >= 15 is 0 Å². The molecule has 3 amide bonds. The van der Waals surface area contributed by atoms with E-state index in [1.54, 1.807) is 6.20 Å². The van der Waals surface area contributed by atoms with Crippen LogP contribution in [0.2, 0.25) is 0 Å². The molecule has 3 aromatic rings. The highest BCUT2D eigenvalue weighted by atomic mass is 32.2. The molecule has 0 bridgehead atoms. The summed E-state index contributed by atoms with van der Waals surface area (Å²) >= 11 is 1.49. The van der Waals surface area contributed by atoms with Gasteiger partial charge in [0.05, 0.1) is 12.6 Å². The molecule has 0 aliphatic rings. The number of aromatic amines is 1. The minimum absolute atomic E-state index is 0.0378. The van der Waals surface area contributed by atoms with Gasteiger partial charge in [-0.15, -0.1) is 0 Å². The summed E-state index contributed by atoms with van der Waals surface area (Å²) in [6.45, 7) is -0.819. The van der Waals surface area contributed by atoms with Crippen molar-refractivity contribution in [1.29, 1.82) is 0 Å². The second kappa shape index (κ2) is 15.1. The molecule has 0 radical (unpaired) electrons. The van der Waals surface area contributed by atoms with Crippen molar-refractivity contribution in [3.05, 3.63) is 71.9 Å². The fraction of sp³-hybridized carbons (Fsp3) is 0.357. The van der Waals surface area contributed by atoms with Crippen LogP contribution in [0.25, 0.3) is 10.9 Å². The van der Waals surface area contributed by atoms with E-state index in [1.807, 2.05) is 60.9 Å². The third-order valence-corrected chi connectivity index (χ3v) is 7.05. The molecule has 214 valence electrons. The molecule has 8 N–H and O–H groups in total. The number of benzene rings is 2. The number of aliphatic hydroxyl groups is 1. The Morgan fingerprint density at radius 2 is 1.50 bits per heavy atom. The van der Waals surface area contributed by atoms with Crippen LogP contribution in [0.15, 0.2) is 60.8 Å². The number of amides is 3. The number of rotatable bonds is 15. The third kappa shape index (κ3) is 8.57. The number of nitrogens with one attached hydrogen (secondary N) is 4. The van der Waals surface area contributed by atoms with Crippen LogP contribution < -0.4 is 21.7 Å². The van der Waals surface area contributed by atoms with Gasteiger partial charge in [0, 0.05) is 23.5 Å². The average molecular weight is 570 g/mol. The Labute approximate surface area is 236 Å². The molecule has 0 saturated heterocycles. The molecular formula is C28H35N5O6S. The van der Waals surface area contributed by atoms with Gasteiger partial charge < -0.3 is 36.9 Å². The Bertz CT molecular complexity index is 1300. The molecule has 0 aliphatic heterocycles. The molecule has 4 unspecified atom stereocenters. The molecule has 0 saturated carbocycles. The largest absolute Gasteiger partial charge is 0.480 e. The Morgan fingerprint density at radius 3 is 2.17 bits per heavy atom. The lowest BCUT2D eigenvalue weighted by Gasteiger charge is -2.25. The minimum Gasteiger partial charge on any atom is -0.480 e. The Morgan fingerprint density at radius 1 is 0.875 bits per heavy atom. The van der Waals surface area contributed by atoms with Crippen LogP contribution in [0, 0.1) is 0 Å². The molecule has 1 heterocycles. The van der Waals surface area contributed by atoms with Crippen molar-refractivity contribution in [2.75, 3.05) is 18.6 Å². The summed E-state index contributed by atoms with van der Waals surface area (Å²) in [5.74, 6) is -2.75. The molecule has 4 atom stereocenters. The van der Waals surface area contributed by atoms with Crippen LogP contribution in [0.3, 0.4) is 0 Å². The summed E-state index contributed by atoms with van der Waals surface area (Å²) in [5.41, 5.74) is 8.56. The van der Waals surface area contributed by atoms with Gasteiger partial charge in [-0.25, -0.2) is 4.79 Å². The van der Waals surface area contributed by atoms with E-state index in [9.17, 15) is 29.4 Å². The predicted octanol–water partition coefficient (Wildman–Crippen LogP) is 0.565. The van der Waals surface area contributed by atoms with Gasteiger partial charge in [0.1, 0.15) is 18.1 Å². The Balaban J connectivity index is 1.78. The SMILES string of the molecule is CSCCC(NC(=O)C(N)Cc1ccccc1)C(=O)NC(Cc1c[nH]c2ccccc12)C(=O)NC(CO)C(=O)O. The van der Waals surface area contributed by atoms with Crippen LogP contribution in [0.1, 0.15) is 17.5 Å². The first-order chi connectivity index (χ1) is 19.2. The summed E-state index contributed by atoms with van der Waals surface area (Å²) in [5, 5.41) is 27.2. The molecule has 0 spiro atoms. The van der Waals surface area contributed by atoms with Gasteiger partial charge in [-0.05, 0) is 42.0 Å². The van der Waals surface area contributed by atoms with Crippen LogP contribution in [0.5, 0.6) is 0 Å². The smallest absolute Gasteiger partial charge is 0.328 e. The zero-order valence-electron chi connectivity index (χ0n) is 22.1. The maximum Gasteiger partial charge on any atom is 0.328 e. The second-order valence-corrected chi connectivity index (χ2v) is 10.3. The lowest BCUT2D eigenvalue weighted by atomic mass is 10.0. The fourth-order valence-corrected chi connectivity index (χ4v) is 4.68. The molecule has 40 heavy (non-hydrogen) atoms. The topological polar surface area (TPSA) is 187 Å². The Hall–Kier alpha value is -3.87. The number of hydrogen-bond donors (Lipinski definition) is 7. The standard InChI is InChI=1S/C28H35N5O6S/c1-40-12-11-22(31-25(35)20(29)13-17-7-3-2-4-8-17)26(36)32-23(27(37)33-24(16-34)28(38)39)14-18-15-30-21-10-6-5-9-19(18)21/h2-10,15,20,22-24,30,34H,11-14,16,29H2,1H3,(H,31,35)(H,32,36)(H,33,37)(H,38,39). The number of nitrogens with two attached hydrogens (primary N) is 1. The first kappa shape index (κ1) is 30.7. The summed E-state index contributed by atoms with van der Waals surface area (Å²) in [4.78, 5) is 54.0. The number of aromatic nitrogens is 1. The van der Waals surface area contributed by atoms with Gasteiger partial charge in [0.25, 0.3) is 0 Å². The number of thioether (sulfide) groups is 1. The van der Waals surface area contributed by atoms with Crippen LogP contribution in [-0.2, 0) is 32.0 Å². The van der Waals surface area contributed by atoms with E-state index in [1.165, 1.54) is 11.8 Å². The number of aliphatic hydroxyl groups excluding tert-OH is 1. The zero-order chi connectivity index (χ0) is 29.1.